The summed E-state index contributed by atoms with van der Waals surface area (Å²) in [5.74, 6) is 1.24. The molecule has 150 valence electrons. The quantitative estimate of drug-likeness (QED) is 0.795. The smallest absolute Gasteiger partial charge is 0.239 e. The molecule has 6 nitrogen and oxygen atoms in total. The van der Waals surface area contributed by atoms with Crippen LogP contribution in [0.2, 0.25) is 0 Å². The van der Waals surface area contributed by atoms with Crippen LogP contribution in [-0.2, 0) is 9.53 Å². The van der Waals surface area contributed by atoms with Gasteiger partial charge in [-0.05, 0) is 44.9 Å². The van der Waals surface area contributed by atoms with Gasteiger partial charge in [-0.15, -0.1) is 0 Å². The van der Waals surface area contributed by atoms with Crippen molar-refractivity contribution in [2.45, 2.75) is 50.5 Å². The molecule has 1 saturated carbocycles. The van der Waals surface area contributed by atoms with Crippen LogP contribution in [0.15, 0.2) is 36.4 Å². The summed E-state index contributed by atoms with van der Waals surface area (Å²) in [5, 5.41) is 7.93. The summed E-state index contributed by atoms with van der Waals surface area (Å²) in [6.45, 7) is 1.97. The van der Waals surface area contributed by atoms with E-state index >= 15 is 0 Å². The van der Waals surface area contributed by atoms with Crippen molar-refractivity contribution in [1.29, 1.82) is 0 Å². The third-order valence-electron chi connectivity index (χ3n) is 5.72. The minimum atomic E-state index is -0.0180. The minimum absolute atomic E-state index is 0.0180. The van der Waals surface area contributed by atoms with Gasteiger partial charge in [0.25, 0.3) is 0 Å². The largest absolute Gasteiger partial charge is 0.377 e. The predicted molar refractivity (Wildman–Crippen MR) is 110 cm³/mol. The van der Waals surface area contributed by atoms with E-state index in [1.54, 1.807) is 0 Å². The summed E-state index contributed by atoms with van der Waals surface area (Å²) < 4.78 is 7.54. The number of hydrogen-bond donors (Lipinski definition) is 1. The number of carbonyl (C=O) groups excluding carboxylic acids is 1. The van der Waals surface area contributed by atoms with Gasteiger partial charge in [0.1, 0.15) is 5.82 Å². The van der Waals surface area contributed by atoms with Gasteiger partial charge >= 0.3 is 0 Å². The van der Waals surface area contributed by atoms with E-state index in [9.17, 15) is 4.79 Å². The standard InChI is InChI=1S/C22H30N4O2/c1-25(15-19-12-7-13-28-19)16-22(27)23-21-14-20(17-8-5-6-9-17)24-26(21)18-10-3-2-4-11-18/h2-4,10-11,14,17,19H,5-9,12-13,15-16H2,1H3,(H,23,27). The number of para-hydroxylation sites is 1. The normalized spacial score (nSPS) is 20.1. The lowest BCUT2D eigenvalue weighted by molar-refractivity contribution is -0.117. The summed E-state index contributed by atoms with van der Waals surface area (Å²) in [5.41, 5.74) is 2.05. The van der Waals surface area contributed by atoms with Gasteiger partial charge in [0.05, 0.1) is 24.0 Å². The second-order valence-electron chi connectivity index (χ2n) is 8.06. The number of nitrogens with zero attached hydrogens (tertiary/aromatic N) is 3. The first kappa shape index (κ1) is 19.2. The van der Waals surface area contributed by atoms with Crippen LogP contribution in [0.4, 0.5) is 5.82 Å². The third-order valence-corrected chi connectivity index (χ3v) is 5.72. The molecule has 1 aliphatic heterocycles. The Kier molecular flexibility index (Phi) is 6.07. The monoisotopic (exact) mass is 382 g/mol. The van der Waals surface area contributed by atoms with Crippen LogP contribution in [0, 0.1) is 0 Å². The van der Waals surface area contributed by atoms with E-state index in [1.165, 1.54) is 25.7 Å². The zero-order valence-electron chi connectivity index (χ0n) is 16.6. The van der Waals surface area contributed by atoms with Crippen molar-refractivity contribution in [2.75, 3.05) is 32.1 Å². The second kappa shape index (κ2) is 8.88. The van der Waals surface area contributed by atoms with Crippen molar-refractivity contribution in [3.8, 4) is 5.69 Å². The van der Waals surface area contributed by atoms with Crippen molar-refractivity contribution in [1.82, 2.24) is 14.7 Å². The molecule has 1 aromatic carbocycles. The Morgan fingerprint density at radius 1 is 1.21 bits per heavy atom. The first-order valence-electron chi connectivity index (χ1n) is 10.4. The first-order valence-corrected chi connectivity index (χ1v) is 10.4. The zero-order valence-corrected chi connectivity index (χ0v) is 16.6. The van der Waals surface area contributed by atoms with Crippen molar-refractivity contribution in [3.05, 3.63) is 42.1 Å². The van der Waals surface area contributed by atoms with E-state index in [1.807, 2.05) is 47.0 Å². The molecular formula is C22H30N4O2. The van der Waals surface area contributed by atoms with Crippen molar-refractivity contribution in [3.63, 3.8) is 0 Å². The maximum Gasteiger partial charge on any atom is 0.239 e. The van der Waals surface area contributed by atoms with Gasteiger partial charge < -0.3 is 10.1 Å². The van der Waals surface area contributed by atoms with Gasteiger partial charge in [-0.3, -0.25) is 9.69 Å². The molecular weight excluding hydrogens is 352 g/mol. The molecule has 0 bridgehead atoms. The number of rotatable bonds is 7. The fourth-order valence-corrected chi connectivity index (χ4v) is 4.30. The van der Waals surface area contributed by atoms with Crippen LogP contribution in [0.1, 0.15) is 50.1 Å². The number of likely N-dealkylation sites (N-methyl/N-ethyl adjacent to an activating group) is 1. The Morgan fingerprint density at radius 2 is 2.00 bits per heavy atom. The minimum Gasteiger partial charge on any atom is -0.377 e. The highest BCUT2D eigenvalue weighted by molar-refractivity contribution is 5.91. The van der Waals surface area contributed by atoms with Crippen molar-refractivity contribution in [2.24, 2.45) is 0 Å². The molecule has 1 N–H and O–H groups in total. The SMILES string of the molecule is CN(CC(=O)Nc1cc(C2CCCC2)nn1-c1ccccc1)CC1CCCO1. The fourth-order valence-electron chi connectivity index (χ4n) is 4.30. The van der Waals surface area contributed by atoms with Crippen LogP contribution in [0.3, 0.4) is 0 Å². The van der Waals surface area contributed by atoms with Crippen LogP contribution in [0.25, 0.3) is 5.69 Å². The van der Waals surface area contributed by atoms with Crippen LogP contribution < -0.4 is 5.32 Å². The zero-order chi connectivity index (χ0) is 19.3. The molecule has 6 heteroatoms. The highest BCUT2D eigenvalue weighted by Gasteiger charge is 2.23. The predicted octanol–water partition coefficient (Wildman–Crippen LogP) is 3.58. The Labute approximate surface area is 166 Å². The number of hydrogen-bond acceptors (Lipinski definition) is 4. The van der Waals surface area contributed by atoms with Gasteiger partial charge in [0.2, 0.25) is 5.91 Å². The number of ether oxygens (including phenoxy) is 1. The van der Waals surface area contributed by atoms with Gasteiger partial charge in [-0.2, -0.15) is 5.10 Å². The van der Waals surface area contributed by atoms with E-state index < -0.39 is 0 Å². The number of nitrogens with one attached hydrogen (secondary N) is 1. The summed E-state index contributed by atoms with van der Waals surface area (Å²) in [6, 6.07) is 12.1. The van der Waals surface area contributed by atoms with Crippen LogP contribution >= 0.6 is 0 Å². The molecule has 0 radical (unpaired) electrons. The molecule has 1 saturated heterocycles. The molecule has 1 atom stereocenters. The van der Waals surface area contributed by atoms with E-state index in [0.717, 1.165) is 43.2 Å². The molecule has 1 aromatic heterocycles. The average molecular weight is 383 g/mol. The van der Waals surface area contributed by atoms with Crippen LogP contribution in [-0.4, -0.2) is 53.4 Å². The number of aromatic nitrogens is 2. The maximum atomic E-state index is 12.7. The molecule has 2 fully saturated rings. The van der Waals surface area contributed by atoms with E-state index in [4.69, 9.17) is 9.84 Å². The fraction of sp³-hybridized carbons (Fsp3) is 0.545. The lowest BCUT2D eigenvalue weighted by Gasteiger charge is -2.20. The highest BCUT2D eigenvalue weighted by atomic mass is 16.5. The highest BCUT2D eigenvalue weighted by Crippen LogP contribution is 2.35. The van der Waals surface area contributed by atoms with E-state index in [-0.39, 0.29) is 12.0 Å². The third kappa shape index (κ3) is 4.62. The maximum absolute atomic E-state index is 12.7. The average Bonchev–Trinajstić information content (AvgIpc) is 3.44. The Bertz CT molecular complexity index is 777. The molecule has 0 spiro atoms. The molecule has 4 rings (SSSR count). The molecule has 2 aliphatic rings. The van der Waals surface area contributed by atoms with Gasteiger partial charge in [-0.1, -0.05) is 31.0 Å². The van der Waals surface area contributed by atoms with Crippen LogP contribution in [0.5, 0.6) is 0 Å². The van der Waals surface area contributed by atoms with Gasteiger partial charge in [0.15, 0.2) is 0 Å². The van der Waals surface area contributed by atoms with Crippen molar-refractivity contribution >= 4 is 11.7 Å². The first-order chi connectivity index (χ1) is 13.7. The summed E-state index contributed by atoms with van der Waals surface area (Å²) in [4.78, 5) is 14.7. The molecule has 1 unspecified atom stereocenters. The number of anilines is 1. The topological polar surface area (TPSA) is 59.4 Å². The molecule has 1 amide bonds. The Morgan fingerprint density at radius 3 is 2.71 bits per heavy atom. The van der Waals surface area contributed by atoms with E-state index in [0.29, 0.717) is 12.5 Å². The summed E-state index contributed by atoms with van der Waals surface area (Å²) in [6.07, 6.45) is 7.34. The number of amides is 1. The van der Waals surface area contributed by atoms with Gasteiger partial charge in [-0.25, -0.2) is 4.68 Å². The Hall–Kier alpha value is -2.18. The second-order valence-corrected chi connectivity index (χ2v) is 8.06. The lowest BCUT2D eigenvalue weighted by Crippen LogP contribution is -2.35. The Balaban J connectivity index is 1.46. The number of benzene rings is 1. The molecule has 2 aromatic rings. The van der Waals surface area contributed by atoms with Crippen molar-refractivity contribution < 1.29 is 9.53 Å². The molecule has 2 heterocycles. The lowest BCUT2D eigenvalue weighted by atomic mass is 10.0. The summed E-state index contributed by atoms with van der Waals surface area (Å²) in [7, 11) is 1.97. The van der Waals surface area contributed by atoms with Gasteiger partial charge in [0, 0.05) is 25.1 Å². The summed E-state index contributed by atoms with van der Waals surface area (Å²) >= 11 is 0. The van der Waals surface area contributed by atoms with E-state index in [2.05, 4.69) is 11.4 Å². The number of carbonyl (C=O) groups is 1. The molecule has 1 aliphatic carbocycles. The molecule has 28 heavy (non-hydrogen) atoms.